The van der Waals surface area contributed by atoms with E-state index >= 15 is 0 Å². The first-order chi connectivity index (χ1) is 30.9. The highest BCUT2D eigenvalue weighted by Gasteiger charge is 2.51. The van der Waals surface area contributed by atoms with Crippen LogP contribution in [0, 0.1) is 0 Å². The van der Waals surface area contributed by atoms with E-state index in [9.17, 15) is 44.6 Å². The number of phosphoric acid groups is 1. The zero-order chi connectivity index (χ0) is 47.1. The summed E-state index contributed by atoms with van der Waals surface area (Å²) in [4.78, 5) is 35.8. The predicted octanol–water partition coefficient (Wildman–Crippen LogP) is 10.8. The molecule has 0 spiro atoms. The van der Waals surface area contributed by atoms with Crippen LogP contribution in [0.3, 0.4) is 0 Å². The van der Waals surface area contributed by atoms with Crippen molar-refractivity contribution in [3.63, 3.8) is 0 Å². The van der Waals surface area contributed by atoms with E-state index in [1.807, 2.05) is 0 Å². The summed E-state index contributed by atoms with van der Waals surface area (Å²) in [5, 5.41) is 50.2. The van der Waals surface area contributed by atoms with Crippen molar-refractivity contribution in [3.05, 3.63) is 24.3 Å². The molecule has 13 nitrogen and oxygen atoms in total. The smallest absolute Gasteiger partial charge is 0.462 e. The summed E-state index contributed by atoms with van der Waals surface area (Å²) >= 11 is 0. The molecule has 0 aromatic rings. The standard InChI is InChI=1S/C50H93O13P/c1-3-5-7-9-11-13-15-17-19-21-22-23-25-27-29-31-33-35-37-39-44(52)62-42(41-61-64(58,59)63-50-48(56)46(54)45(53)47(55)49(50)57)40-60-43(51)38-36-34-32-30-28-26-24-20-18-16-14-12-10-8-6-4-2/h17,19-20,24,42,45-50,53-57H,3-16,18,21-23,25-41H2,1-2H3,(H,58,59)/b19-17-,24-20-. The summed E-state index contributed by atoms with van der Waals surface area (Å²) in [6.45, 7) is 3.31. The van der Waals surface area contributed by atoms with Gasteiger partial charge in [0, 0.05) is 12.8 Å². The zero-order valence-corrected chi connectivity index (χ0v) is 41.0. The van der Waals surface area contributed by atoms with Crippen molar-refractivity contribution in [2.45, 2.75) is 268 Å². The van der Waals surface area contributed by atoms with Crippen LogP contribution in [-0.4, -0.2) is 98.3 Å². The summed E-state index contributed by atoms with van der Waals surface area (Å²) in [6, 6.07) is 0. The van der Waals surface area contributed by atoms with Crippen molar-refractivity contribution >= 4 is 19.8 Å². The molecule has 1 aliphatic rings. The fraction of sp³-hybridized carbons (Fsp3) is 0.880. The molecule has 0 bridgehead atoms. The molecule has 6 atom stereocenters. The van der Waals surface area contributed by atoms with Crippen molar-refractivity contribution in [2.24, 2.45) is 0 Å². The van der Waals surface area contributed by atoms with Crippen LogP contribution in [0.15, 0.2) is 24.3 Å². The molecule has 6 unspecified atom stereocenters. The number of hydrogen-bond acceptors (Lipinski definition) is 12. The fourth-order valence-electron chi connectivity index (χ4n) is 7.87. The average molecular weight is 933 g/mol. The molecule has 0 aromatic carbocycles. The quantitative estimate of drug-likeness (QED) is 0.0146. The lowest BCUT2D eigenvalue weighted by Crippen LogP contribution is -2.64. The monoisotopic (exact) mass is 933 g/mol. The van der Waals surface area contributed by atoms with Gasteiger partial charge in [0.1, 0.15) is 43.2 Å². The molecule has 14 heteroatoms. The van der Waals surface area contributed by atoms with Crippen LogP contribution >= 0.6 is 7.82 Å². The molecule has 6 N–H and O–H groups in total. The summed E-state index contributed by atoms with van der Waals surface area (Å²) < 4.78 is 33.6. The van der Waals surface area contributed by atoms with Gasteiger partial charge >= 0.3 is 19.8 Å². The molecule has 1 rings (SSSR count). The van der Waals surface area contributed by atoms with Crippen LogP contribution in [0.1, 0.15) is 226 Å². The number of ether oxygens (including phenoxy) is 2. The second-order valence-electron chi connectivity index (χ2n) is 18.0. The molecule has 0 aromatic heterocycles. The van der Waals surface area contributed by atoms with Crippen molar-refractivity contribution in [3.8, 4) is 0 Å². The Balaban J connectivity index is 2.41. The number of phosphoric ester groups is 1. The maximum atomic E-state index is 12.8. The van der Waals surface area contributed by atoms with Crippen molar-refractivity contribution in [1.82, 2.24) is 0 Å². The number of carbonyl (C=O) groups is 2. The molecule has 1 fully saturated rings. The Bertz CT molecular complexity index is 1220. The highest BCUT2D eigenvalue weighted by Crippen LogP contribution is 2.47. The largest absolute Gasteiger partial charge is 0.472 e. The van der Waals surface area contributed by atoms with Crippen molar-refractivity contribution in [1.29, 1.82) is 0 Å². The number of rotatable bonds is 43. The number of aliphatic hydroxyl groups excluding tert-OH is 5. The molecule has 0 amide bonds. The Morgan fingerprint density at radius 3 is 1.19 bits per heavy atom. The average Bonchev–Trinajstić information content (AvgIpc) is 3.28. The number of carbonyl (C=O) groups excluding carboxylic acids is 2. The topological polar surface area (TPSA) is 210 Å². The summed E-state index contributed by atoms with van der Waals surface area (Å²) in [6.07, 6.45) is 32.2. The van der Waals surface area contributed by atoms with E-state index in [1.165, 1.54) is 116 Å². The molecule has 0 radical (unpaired) electrons. The van der Waals surface area contributed by atoms with Gasteiger partial charge in [-0.2, -0.15) is 0 Å². The van der Waals surface area contributed by atoms with Gasteiger partial charge in [-0.15, -0.1) is 0 Å². The molecule has 0 heterocycles. The third-order valence-corrected chi connectivity index (χ3v) is 13.0. The fourth-order valence-corrected chi connectivity index (χ4v) is 8.84. The van der Waals surface area contributed by atoms with Gasteiger partial charge in [0.25, 0.3) is 0 Å². The second-order valence-corrected chi connectivity index (χ2v) is 19.4. The van der Waals surface area contributed by atoms with E-state index in [4.69, 9.17) is 18.5 Å². The van der Waals surface area contributed by atoms with E-state index in [1.54, 1.807) is 0 Å². The first-order valence-corrected chi connectivity index (χ1v) is 27.1. The van der Waals surface area contributed by atoms with Crippen LogP contribution in [0.2, 0.25) is 0 Å². The van der Waals surface area contributed by atoms with Gasteiger partial charge in [-0.25, -0.2) is 4.57 Å². The Kier molecular flexibility index (Phi) is 38.1. The molecule has 376 valence electrons. The summed E-state index contributed by atoms with van der Waals surface area (Å²) in [5.41, 5.74) is 0. The third kappa shape index (κ3) is 32.1. The van der Waals surface area contributed by atoms with Crippen molar-refractivity contribution < 1.29 is 63.1 Å². The number of unbranched alkanes of at least 4 members (excludes halogenated alkanes) is 27. The molecule has 1 aliphatic carbocycles. The van der Waals surface area contributed by atoms with Crippen LogP contribution < -0.4 is 0 Å². The van der Waals surface area contributed by atoms with Gasteiger partial charge in [0.05, 0.1) is 6.61 Å². The number of hydrogen-bond donors (Lipinski definition) is 6. The first-order valence-electron chi connectivity index (χ1n) is 25.6. The van der Waals surface area contributed by atoms with E-state index in [-0.39, 0.29) is 12.8 Å². The molecular formula is C50H93O13P. The van der Waals surface area contributed by atoms with Gasteiger partial charge in [-0.1, -0.05) is 173 Å². The van der Waals surface area contributed by atoms with E-state index in [0.717, 1.165) is 70.6 Å². The van der Waals surface area contributed by atoms with Crippen LogP contribution in [0.4, 0.5) is 0 Å². The van der Waals surface area contributed by atoms with Gasteiger partial charge in [-0.3, -0.25) is 18.6 Å². The lowest BCUT2D eigenvalue weighted by Gasteiger charge is -2.41. The number of aliphatic hydroxyl groups is 5. The minimum atomic E-state index is -5.12. The Hall–Kier alpha value is -1.67. The second kappa shape index (κ2) is 40.4. The Morgan fingerprint density at radius 2 is 0.797 bits per heavy atom. The highest BCUT2D eigenvalue weighted by atomic mass is 31.2. The molecular weight excluding hydrogens is 840 g/mol. The van der Waals surface area contributed by atoms with Crippen LogP contribution in [0.25, 0.3) is 0 Å². The number of allylic oxidation sites excluding steroid dienone is 4. The minimum absolute atomic E-state index is 0.0949. The highest BCUT2D eigenvalue weighted by molar-refractivity contribution is 7.47. The maximum Gasteiger partial charge on any atom is 0.472 e. The van der Waals surface area contributed by atoms with Gasteiger partial charge in [-0.05, 0) is 64.2 Å². The lowest BCUT2D eigenvalue weighted by molar-refractivity contribution is -0.220. The maximum absolute atomic E-state index is 12.8. The van der Waals surface area contributed by atoms with Crippen molar-refractivity contribution in [2.75, 3.05) is 13.2 Å². The Morgan fingerprint density at radius 1 is 0.469 bits per heavy atom. The van der Waals surface area contributed by atoms with E-state index in [2.05, 4.69) is 38.2 Å². The van der Waals surface area contributed by atoms with Gasteiger partial charge < -0.3 is 39.9 Å². The molecule has 64 heavy (non-hydrogen) atoms. The van der Waals surface area contributed by atoms with Gasteiger partial charge in [0.2, 0.25) is 0 Å². The predicted molar refractivity (Wildman–Crippen MR) is 254 cm³/mol. The molecule has 0 aliphatic heterocycles. The van der Waals surface area contributed by atoms with E-state index < -0.39 is 75.7 Å². The van der Waals surface area contributed by atoms with Gasteiger partial charge in [0.15, 0.2) is 6.10 Å². The first kappa shape index (κ1) is 60.3. The molecule has 1 saturated carbocycles. The summed E-state index contributed by atoms with van der Waals surface area (Å²) in [7, 11) is -5.12. The van der Waals surface area contributed by atoms with Crippen LogP contribution in [-0.2, 0) is 32.7 Å². The summed E-state index contributed by atoms with van der Waals surface area (Å²) in [5.74, 6) is -1.10. The number of esters is 2. The van der Waals surface area contributed by atoms with Crippen LogP contribution in [0.5, 0.6) is 0 Å². The Labute approximate surface area is 387 Å². The normalized spacial score (nSPS) is 21.7. The third-order valence-electron chi connectivity index (χ3n) is 12.0. The lowest BCUT2D eigenvalue weighted by atomic mass is 9.85. The molecule has 0 saturated heterocycles. The minimum Gasteiger partial charge on any atom is -0.462 e. The SMILES string of the molecule is CCCCCCCC/C=C\CCCCCCCCCCCC(=O)OC(COC(=O)CCCCCCC/C=C\CCCCCCCCC)COP(=O)(O)OC1C(O)C(O)C(O)C(O)C1O. The zero-order valence-electron chi connectivity index (χ0n) is 40.1. The van der Waals surface area contributed by atoms with E-state index in [0.29, 0.717) is 12.8 Å².